The molecule has 6 aromatic heterocycles. The Morgan fingerprint density at radius 2 is 0.519 bits per heavy atom. The molecule has 604 valence electrons. The highest BCUT2D eigenvalue weighted by Crippen LogP contribution is 2.53. The van der Waals surface area contributed by atoms with Crippen LogP contribution in [0, 0.1) is 0 Å². The van der Waals surface area contributed by atoms with E-state index in [1.54, 1.807) is 0 Å². The summed E-state index contributed by atoms with van der Waals surface area (Å²) in [5.74, 6) is 3.70. The van der Waals surface area contributed by atoms with E-state index < -0.39 is 0 Å². The molecule has 24 aromatic carbocycles. The Morgan fingerprint density at radius 3 is 1.00 bits per heavy atom. The van der Waals surface area contributed by atoms with Crippen LogP contribution in [-0.4, -0.2) is 44.0 Å². The van der Waals surface area contributed by atoms with Crippen LogP contribution in [0.1, 0.15) is 0 Å². The molecule has 0 saturated carbocycles. The largest absolute Gasteiger partial charge is 0.455 e. The lowest BCUT2D eigenvalue weighted by Crippen LogP contribution is -2.06. The molecule has 30 aromatic rings. The van der Waals surface area contributed by atoms with Crippen molar-refractivity contribution in [3.63, 3.8) is 0 Å². The van der Waals surface area contributed by atoms with E-state index in [2.05, 4.69) is 361 Å². The summed E-state index contributed by atoms with van der Waals surface area (Å²) in [6, 6.07) is 147. The maximum Gasteiger partial charge on any atom is 0.238 e. The number of benzene rings is 24. The number of rotatable bonds is 10. The molecular formula is C121H69N9O. The molecule has 0 saturated heterocycles. The van der Waals surface area contributed by atoms with Gasteiger partial charge in [0.2, 0.25) is 11.9 Å². The third-order valence-corrected chi connectivity index (χ3v) is 27.3. The summed E-state index contributed by atoms with van der Waals surface area (Å²) in [5.41, 5.74) is 19.2. The van der Waals surface area contributed by atoms with Crippen molar-refractivity contribution in [2.75, 3.05) is 0 Å². The minimum atomic E-state index is 0.582. The van der Waals surface area contributed by atoms with Gasteiger partial charge in [-0.15, -0.1) is 0 Å². The fourth-order valence-corrected chi connectivity index (χ4v) is 21.4. The third-order valence-electron chi connectivity index (χ3n) is 27.3. The maximum absolute atomic E-state index is 6.64. The predicted octanol–water partition coefficient (Wildman–Crippen LogP) is 31.6. The second kappa shape index (κ2) is 28.4. The zero-order valence-electron chi connectivity index (χ0n) is 70.3. The monoisotopic (exact) mass is 1660 g/mol. The van der Waals surface area contributed by atoms with E-state index in [-0.39, 0.29) is 0 Å². The van der Waals surface area contributed by atoms with E-state index in [1.807, 2.05) is 66.9 Å². The van der Waals surface area contributed by atoms with Gasteiger partial charge in [0.25, 0.3) is 0 Å². The summed E-state index contributed by atoms with van der Waals surface area (Å²) in [7, 11) is 0. The Bertz CT molecular complexity index is 9680. The van der Waals surface area contributed by atoms with Crippen molar-refractivity contribution in [3.05, 3.63) is 419 Å². The van der Waals surface area contributed by atoms with Crippen LogP contribution in [-0.2, 0) is 0 Å². The fraction of sp³-hybridized carbons (Fsp3) is 0. The Morgan fingerprint density at radius 1 is 0.183 bits per heavy atom. The van der Waals surface area contributed by atoms with Gasteiger partial charge in [0.15, 0.2) is 23.3 Å². The van der Waals surface area contributed by atoms with Crippen LogP contribution in [0.4, 0.5) is 0 Å². The standard InChI is InChI=1S/C43H24N4.C40H23N5.C38H22O/c1-3-9-29-23-31(19-15-25(29)7-1)41-44-42(32-20-16-26-8-2-4-10-30(26)24-32)46-43(45-41)47-35-14-6-13-34-33-12-5-11-27-17-18-28-21-22-36(47)40(39(34)35)38(28)37(27)33;1-3-9-24(10-4-1)31-21-19-28(23-41-31)39-42-38(27-11-5-2-6-12-27)43-40(44-39)45-32-16-8-15-30-29-14-7-13-25-17-18-26-20-22-33(45)37(36(30)32)35(26)34(25)29;1-2-6-23(7-3-1)24-12-14-25(15-13-24)26-16-18-27(19-17-26)32-22-29-21-20-28-8-4-9-30-31-10-5-11-33-36(31)37(38(32)39-33)35(29)34(28)30/h1-24H;1-23H;1-22H. The van der Waals surface area contributed by atoms with E-state index in [9.17, 15) is 0 Å². The van der Waals surface area contributed by atoms with E-state index in [4.69, 9.17) is 39.3 Å². The van der Waals surface area contributed by atoms with E-state index in [0.717, 1.165) is 83.1 Å². The van der Waals surface area contributed by atoms with Gasteiger partial charge in [0, 0.05) is 88.1 Å². The van der Waals surface area contributed by atoms with Crippen molar-refractivity contribution in [2.45, 2.75) is 0 Å². The molecule has 0 atom stereocenters. The number of hydrogen-bond acceptors (Lipinski definition) is 8. The highest BCUT2D eigenvalue weighted by molar-refractivity contribution is 6.43. The first-order valence-corrected chi connectivity index (χ1v) is 44.5. The minimum Gasteiger partial charge on any atom is -0.455 e. The molecule has 30 rings (SSSR count). The van der Waals surface area contributed by atoms with E-state index in [1.165, 1.54) is 168 Å². The second-order valence-corrected chi connectivity index (χ2v) is 34.5. The normalized spacial score (nSPS) is 12.1. The first kappa shape index (κ1) is 72.6. The molecule has 0 N–H and O–H groups in total. The topological polar surface area (TPSA) is 113 Å². The van der Waals surface area contributed by atoms with Crippen LogP contribution >= 0.6 is 0 Å². The van der Waals surface area contributed by atoms with Crippen molar-refractivity contribution < 1.29 is 4.42 Å². The Balaban J connectivity index is 0.0000000990. The van der Waals surface area contributed by atoms with Crippen molar-refractivity contribution in [1.29, 1.82) is 0 Å². The van der Waals surface area contributed by atoms with Crippen molar-refractivity contribution in [2.24, 2.45) is 0 Å². The predicted molar refractivity (Wildman–Crippen MR) is 543 cm³/mol. The molecule has 0 aliphatic carbocycles. The number of hydrogen-bond donors (Lipinski definition) is 0. The molecule has 0 aliphatic heterocycles. The fourth-order valence-electron chi connectivity index (χ4n) is 21.4. The Labute approximate surface area is 748 Å². The smallest absolute Gasteiger partial charge is 0.238 e. The van der Waals surface area contributed by atoms with Crippen LogP contribution in [0.25, 0.3) is 286 Å². The molecule has 0 bridgehead atoms. The van der Waals surface area contributed by atoms with E-state index >= 15 is 0 Å². The number of furan rings is 1. The lowest BCUT2D eigenvalue weighted by atomic mass is 9.87. The van der Waals surface area contributed by atoms with Gasteiger partial charge in [-0.3, -0.25) is 14.1 Å². The number of nitrogens with zero attached hydrogens (tertiary/aromatic N) is 9. The first-order valence-electron chi connectivity index (χ1n) is 44.5. The summed E-state index contributed by atoms with van der Waals surface area (Å²) >= 11 is 0. The molecule has 0 aliphatic rings. The summed E-state index contributed by atoms with van der Waals surface area (Å²) in [6.45, 7) is 0. The molecule has 131 heavy (non-hydrogen) atoms. The number of pyridine rings is 1. The Hall–Kier alpha value is -17.7. The van der Waals surface area contributed by atoms with Gasteiger partial charge in [-0.25, -0.2) is 9.97 Å². The average molecular weight is 1660 g/mol. The average Bonchev–Trinajstić information content (AvgIpc) is 1.55. The maximum atomic E-state index is 6.64. The van der Waals surface area contributed by atoms with Gasteiger partial charge in [-0.2, -0.15) is 19.9 Å². The molecule has 10 nitrogen and oxygen atoms in total. The van der Waals surface area contributed by atoms with Gasteiger partial charge in [0.1, 0.15) is 11.2 Å². The molecule has 6 heterocycles. The SMILES string of the molecule is c1ccc(-c2ccc(-c3ccc(-c4cc5ccc6cccc7c8cccc9oc4c(c98)c5c67)cc3)cc2)cc1.c1ccc(-c2ccc(-c3nc(-c4ccccc4)nc(-n4c5cccc6c7cccc8ccc9ccc4c(c9c87)c65)n3)cn2)cc1.c1ccc2cc(-c3nc(-c4ccc5ccccc5c4)nc(-n4c5cccc6c7cccc8ccc9ccc4c(c9c87)c65)n3)ccc2c1. The molecule has 0 unspecified atom stereocenters. The second-order valence-electron chi connectivity index (χ2n) is 34.5. The van der Waals surface area contributed by atoms with Gasteiger partial charge < -0.3 is 4.42 Å². The quantitative estimate of drug-likeness (QED) is 0.0983. The van der Waals surface area contributed by atoms with Crippen molar-refractivity contribution >= 4 is 184 Å². The molecular weight excluding hydrogens is 1600 g/mol. The highest BCUT2D eigenvalue weighted by Gasteiger charge is 2.29. The molecule has 0 spiro atoms. The van der Waals surface area contributed by atoms with Crippen molar-refractivity contribution in [3.8, 4) is 102 Å². The summed E-state index contributed by atoms with van der Waals surface area (Å²) in [5, 5.41) is 35.2. The van der Waals surface area contributed by atoms with Gasteiger partial charge in [-0.1, -0.05) is 352 Å². The zero-order valence-corrected chi connectivity index (χ0v) is 70.3. The minimum absolute atomic E-state index is 0.582. The molecule has 0 radical (unpaired) electrons. The summed E-state index contributed by atoms with van der Waals surface area (Å²) in [4.78, 5) is 35.7. The van der Waals surface area contributed by atoms with Crippen LogP contribution in [0.5, 0.6) is 0 Å². The van der Waals surface area contributed by atoms with Crippen molar-refractivity contribution in [1.82, 2.24) is 44.0 Å². The lowest BCUT2D eigenvalue weighted by Gasteiger charge is -2.14. The zero-order chi connectivity index (χ0) is 85.6. The summed E-state index contributed by atoms with van der Waals surface area (Å²) in [6.07, 6.45) is 1.86. The molecule has 0 fully saturated rings. The Kier molecular flexibility index (Phi) is 15.7. The van der Waals surface area contributed by atoms with Crippen LogP contribution < -0.4 is 0 Å². The van der Waals surface area contributed by atoms with Crippen LogP contribution in [0.15, 0.2) is 423 Å². The molecule has 0 amide bonds. The van der Waals surface area contributed by atoms with Gasteiger partial charge >= 0.3 is 0 Å². The summed E-state index contributed by atoms with van der Waals surface area (Å²) < 4.78 is 11.1. The lowest BCUT2D eigenvalue weighted by molar-refractivity contribution is 0.670. The first-order chi connectivity index (χ1) is 64.9. The molecule has 10 heteroatoms. The van der Waals surface area contributed by atoms with Crippen LogP contribution in [0.2, 0.25) is 0 Å². The van der Waals surface area contributed by atoms with Gasteiger partial charge in [0.05, 0.1) is 27.8 Å². The van der Waals surface area contributed by atoms with Gasteiger partial charge in [-0.05, 0) is 191 Å². The third kappa shape index (κ3) is 11.2. The number of aromatic nitrogens is 9. The van der Waals surface area contributed by atoms with E-state index in [0.29, 0.717) is 35.2 Å². The number of fused-ring (bicyclic) bond motifs is 5. The van der Waals surface area contributed by atoms with Crippen LogP contribution in [0.3, 0.4) is 0 Å². The highest BCUT2D eigenvalue weighted by atomic mass is 16.3.